The zero-order chi connectivity index (χ0) is 72.7. The Hall–Kier alpha value is -8.18. The van der Waals surface area contributed by atoms with Crippen molar-refractivity contribution in [2.24, 2.45) is 11.5 Å². The highest BCUT2D eigenvalue weighted by Gasteiger charge is 2.50. The van der Waals surface area contributed by atoms with Crippen molar-refractivity contribution in [1.82, 2.24) is 51.0 Å². The molecule has 558 valence electrons. The highest BCUT2D eigenvalue weighted by atomic mass is 16.7. The molecule has 0 aliphatic carbocycles. The zero-order valence-corrected chi connectivity index (χ0v) is 55.0. The van der Waals surface area contributed by atoms with Gasteiger partial charge in [0, 0.05) is 37.9 Å². The first kappa shape index (κ1) is 80.8. The van der Waals surface area contributed by atoms with Gasteiger partial charge < -0.3 is 124 Å². The van der Waals surface area contributed by atoms with Crippen LogP contribution >= 0.6 is 0 Å². The van der Waals surface area contributed by atoms with Gasteiger partial charge in [-0.05, 0) is 56.2 Å². The van der Waals surface area contributed by atoms with Crippen molar-refractivity contribution < 1.29 is 141 Å². The van der Waals surface area contributed by atoms with Gasteiger partial charge in [-0.2, -0.15) is 5.48 Å². The summed E-state index contributed by atoms with van der Waals surface area (Å²) in [5.41, 5.74) is 13.0. The summed E-state index contributed by atoms with van der Waals surface area (Å²) < 4.78 is 74.3. The molecule has 2 saturated heterocycles. The number of aliphatic hydroxyl groups is 7. The van der Waals surface area contributed by atoms with Crippen molar-refractivity contribution in [2.45, 2.75) is 133 Å². The summed E-state index contributed by atoms with van der Waals surface area (Å²) in [6.45, 7) is 9.97. The number of primary amides is 2. The van der Waals surface area contributed by atoms with Crippen molar-refractivity contribution in [1.29, 1.82) is 0 Å². The standard InChI is InChI=1S/C59H88N12O29/c1-59(2,3)100-58(86)66-95-25-24-92-23-22-89-15-10-69(8-13-87-18-20-90-16-11-70-30-36(64-67-70)28-62-50(78)38-26-34(32-93-56(60)84)4-6-40(38)96-54-46(76)42(72)44(74)48(98-54)52(80)81)9-14-88-19-21-91-17-12-71-31-37(65-68-71)29-63-51(79)39-27-35(33-94-57(61)85)5-7-41(39)97-55-47(77)43(73)45(75)49(99-55)53(82)83/h4-7,26-27,30-31,42-50,54-55,62,72-78H,8-25,28-29,32-33H2,1-3H3,(H2,60,84)(H2,61,85)(H,63,79)(H,66,86)(H,80,81)(H,82,83)/t42-,43-,44-,45-,46+,47+,48-,49-,50?,54+,55+/m0/s1. The van der Waals surface area contributed by atoms with Crippen LogP contribution < -0.4 is 37.1 Å². The number of nitrogens with one attached hydrogen (secondary N) is 3. The number of carbonyl (C=O) groups excluding carboxylic acids is 4. The van der Waals surface area contributed by atoms with E-state index in [-0.39, 0.29) is 115 Å². The van der Waals surface area contributed by atoms with Crippen LogP contribution in [0.4, 0.5) is 14.4 Å². The fourth-order valence-corrected chi connectivity index (χ4v) is 9.16. The van der Waals surface area contributed by atoms with Gasteiger partial charge in [-0.3, -0.25) is 19.8 Å². The molecule has 0 spiro atoms. The van der Waals surface area contributed by atoms with Crippen molar-refractivity contribution in [2.75, 3.05) is 106 Å². The number of benzene rings is 2. The number of nitrogens with two attached hydrogens (primary N) is 2. The second kappa shape index (κ2) is 41.5. The van der Waals surface area contributed by atoms with Gasteiger partial charge in [-0.1, -0.05) is 22.6 Å². The van der Waals surface area contributed by atoms with Crippen LogP contribution in [0.25, 0.3) is 0 Å². The Balaban J connectivity index is 0.893. The monoisotopic (exact) mass is 1430 g/mol. The number of hydrogen-bond donors (Lipinski definition) is 14. The number of amides is 4. The van der Waals surface area contributed by atoms with E-state index in [4.69, 9.17) is 77.9 Å². The molecule has 100 heavy (non-hydrogen) atoms. The summed E-state index contributed by atoms with van der Waals surface area (Å²) in [6.07, 6.45) is -20.4. The molecule has 2 aliphatic rings. The molecule has 0 radical (unpaired) electrons. The minimum Gasteiger partial charge on any atom is -0.479 e. The lowest BCUT2D eigenvalue weighted by Crippen LogP contribution is -2.61. The van der Waals surface area contributed by atoms with Crippen molar-refractivity contribution in [3.05, 3.63) is 82.4 Å². The normalized spacial score (nSPS) is 21.1. The van der Waals surface area contributed by atoms with Crippen molar-refractivity contribution >= 4 is 36.1 Å². The molecule has 2 aromatic carbocycles. The van der Waals surface area contributed by atoms with Crippen LogP contribution in [-0.2, 0) is 106 Å². The Bertz CT molecular complexity index is 3180. The zero-order valence-electron chi connectivity index (χ0n) is 55.0. The summed E-state index contributed by atoms with van der Waals surface area (Å²) in [4.78, 5) is 78.4. The number of nitrogens with zero attached hydrogens (tertiary/aromatic N) is 7. The Morgan fingerprint density at radius 2 is 1.02 bits per heavy atom. The van der Waals surface area contributed by atoms with Gasteiger partial charge in [0.05, 0.1) is 123 Å². The van der Waals surface area contributed by atoms with E-state index in [1.54, 1.807) is 33.2 Å². The number of aliphatic hydroxyl groups excluding tert-OH is 7. The average Bonchev–Trinajstić information content (AvgIpc) is 1.05. The molecule has 4 heterocycles. The first-order valence-corrected chi connectivity index (χ1v) is 31.3. The van der Waals surface area contributed by atoms with Gasteiger partial charge in [0.1, 0.15) is 78.9 Å². The Morgan fingerprint density at radius 3 is 1.50 bits per heavy atom. The van der Waals surface area contributed by atoms with Gasteiger partial charge in [0.2, 0.25) is 12.6 Å². The lowest BCUT2D eigenvalue weighted by molar-refractivity contribution is -0.271. The molecule has 41 nitrogen and oxygen atoms in total. The first-order valence-electron chi connectivity index (χ1n) is 31.3. The number of aromatic nitrogens is 6. The summed E-state index contributed by atoms with van der Waals surface area (Å²) in [6, 6.07) is 8.09. The molecule has 0 saturated carbocycles. The van der Waals surface area contributed by atoms with E-state index in [1.807, 2.05) is 0 Å². The van der Waals surface area contributed by atoms with Gasteiger partial charge in [-0.25, -0.2) is 33.3 Å². The number of aliphatic carboxylic acids is 2. The molecule has 16 N–H and O–H groups in total. The van der Waals surface area contributed by atoms with E-state index in [9.17, 15) is 74.7 Å². The second-order valence-corrected chi connectivity index (χ2v) is 23.0. The molecule has 2 aliphatic heterocycles. The van der Waals surface area contributed by atoms with Crippen LogP contribution in [0.2, 0.25) is 0 Å². The van der Waals surface area contributed by atoms with Crippen LogP contribution in [0.15, 0.2) is 48.8 Å². The Labute approximate surface area is 571 Å². The van der Waals surface area contributed by atoms with E-state index in [0.29, 0.717) is 75.1 Å². The molecule has 6 rings (SSSR count). The summed E-state index contributed by atoms with van der Waals surface area (Å²) >= 11 is 0. The third-order valence-corrected chi connectivity index (χ3v) is 14.2. The lowest BCUT2D eigenvalue weighted by Gasteiger charge is -2.38. The minimum absolute atomic E-state index is 0.0149. The van der Waals surface area contributed by atoms with Gasteiger partial charge in [-0.15, -0.1) is 10.2 Å². The third kappa shape index (κ3) is 27.7. The number of carboxylic acids is 2. The van der Waals surface area contributed by atoms with E-state index >= 15 is 0 Å². The number of hydrogen-bond acceptors (Lipinski definition) is 33. The van der Waals surface area contributed by atoms with Gasteiger partial charge in [0.15, 0.2) is 12.2 Å². The third-order valence-electron chi connectivity index (χ3n) is 14.2. The smallest absolute Gasteiger partial charge is 0.431 e. The van der Waals surface area contributed by atoms with Gasteiger partial charge in [0.25, 0.3) is 5.91 Å². The van der Waals surface area contributed by atoms with E-state index in [0.717, 1.165) is 0 Å². The molecular formula is C59H88N12O29. The first-order chi connectivity index (χ1) is 47.8. The van der Waals surface area contributed by atoms with E-state index in [1.165, 1.54) is 45.8 Å². The van der Waals surface area contributed by atoms with Crippen LogP contribution in [-0.4, -0.2) is 290 Å². The van der Waals surface area contributed by atoms with Crippen LogP contribution in [0.5, 0.6) is 11.5 Å². The molecule has 4 amide bonds. The molecule has 2 fully saturated rings. The highest BCUT2D eigenvalue weighted by molar-refractivity contribution is 5.97. The van der Waals surface area contributed by atoms with Crippen LogP contribution in [0, 0.1) is 0 Å². The van der Waals surface area contributed by atoms with Crippen LogP contribution in [0.1, 0.15) is 65.4 Å². The molecule has 1 unspecified atom stereocenters. The number of hydroxylamine groups is 1. The molecule has 2 aromatic heterocycles. The minimum atomic E-state index is -1.98. The lowest BCUT2D eigenvalue weighted by atomic mass is 9.99. The SMILES string of the molecule is CC(C)(C)OC(=O)NOCCOCCOCCN(CCOCCOCCn1cc(CNC(=O)c2cc(COC(N)=O)ccc2O[C@@H]2O[C@H](C(=O)O)[C@@H](O)[C@H](O)[C@H]2O)nn1)CCOCCOCCn1cc(CNC(O)c2cc(COC(N)=O)ccc2O[C@@H]2O[C@H](C(=O)O)[C@@H](O)[C@H](O)[C@H]2O)nn1. The molecule has 41 heteroatoms. The Morgan fingerprint density at radius 1 is 0.580 bits per heavy atom. The number of carbonyl (C=O) groups is 6. The summed E-state index contributed by atoms with van der Waals surface area (Å²) in [5, 5.41) is 114. The summed E-state index contributed by atoms with van der Waals surface area (Å²) in [5.74, 6) is -4.37. The Kier molecular flexibility index (Phi) is 33.6. The topological polar surface area (TPSA) is 566 Å². The highest BCUT2D eigenvalue weighted by Crippen LogP contribution is 2.32. The van der Waals surface area contributed by atoms with Gasteiger partial charge >= 0.3 is 30.2 Å². The second-order valence-electron chi connectivity index (χ2n) is 23.0. The molecule has 0 bridgehead atoms. The molecule has 11 atom stereocenters. The maximum atomic E-state index is 13.5. The van der Waals surface area contributed by atoms with Crippen molar-refractivity contribution in [3.63, 3.8) is 0 Å². The van der Waals surface area contributed by atoms with E-state index < -0.39 is 109 Å². The number of rotatable bonds is 45. The quantitative estimate of drug-likeness (QED) is 0.00865. The predicted molar refractivity (Wildman–Crippen MR) is 331 cm³/mol. The average molecular weight is 1430 g/mol. The number of carboxylic acid groups (broad SMARTS) is 2. The fourth-order valence-electron chi connectivity index (χ4n) is 9.16. The van der Waals surface area contributed by atoms with Crippen LogP contribution in [0.3, 0.4) is 0 Å². The predicted octanol–water partition coefficient (Wildman–Crippen LogP) is -4.13. The maximum absolute atomic E-state index is 13.5. The maximum Gasteiger partial charge on any atom is 0.431 e. The number of ether oxygens (including phenoxy) is 13. The van der Waals surface area contributed by atoms with E-state index in [2.05, 4.69) is 41.6 Å². The molecule has 4 aromatic rings. The fraction of sp³-hybridized carbons (Fsp3) is 0.627. The largest absolute Gasteiger partial charge is 0.479 e. The summed E-state index contributed by atoms with van der Waals surface area (Å²) in [7, 11) is 0. The van der Waals surface area contributed by atoms with Crippen molar-refractivity contribution in [3.8, 4) is 11.5 Å². The molecular weight excluding hydrogens is 1340 g/mol.